The molecule has 0 radical (unpaired) electrons. The van der Waals surface area contributed by atoms with Gasteiger partial charge >= 0.3 is 6.36 Å². The molecule has 0 bridgehead atoms. The molecule has 0 saturated carbocycles. The molecule has 0 aromatic heterocycles. The van der Waals surface area contributed by atoms with E-state index in [-0.39, 0.29) is 23.2 Å². The van der Waals surface area contributed by atoms with Crippen LogP contribution >= 0.6 is 0 Å². The van der Waals surface area contributed by atoms with Crippen LogP contribution in [0.5, 0.6) is 5.75 Å². The van der Waals surface area contributed by atoms with E-state index in [9.17, 15) is 18.0 Å². The Labute approximate surface area is 120 Å². The SMILES string of the molecule is CC1CCCCN1C(=O)c1ccc(OC(F)(F)F)c(N)c1. The molecule has 21 heavy (non-hydrogen) atoms. The number of benzene rings is 1. The van der Waals surface area contributed by atoms with Gasteiger partial charge in [-0.2, -0.15) is 0 Å². The van der Waals surface area contributed by atoms with Gasteiger partial charge in [0, 0.05) is 18.2 Å². The zero-order chi connectivity index (χ0) is 15.6. The summed E-state index contributed by atoms with van der Waals surface area (Å²) in [5, 5.41) is 0. The van der Waals surface area contributed by atoms with Crippen molar-refractivity contribution in [1.29, 1.82) is 0 Å². The van der Waals surface area contributed by atoms with Gasteiger partial charge in [-0.3, -0.25) is 4.79 Å². The van der Waals surface area contributed by atoms with Crippen molar-refractivity contribution in [3.63, 3.8) is 0 Å². The number of likely N-dealkylation sites (tertiary alicyclic amines) is 1. The molecule has 1 aromatic carbocycles. The molecule has 0 aliphatic carbocycles. The summed E-state index contributed by atoms with van der Waals surface area (Å²) in [6.45, 7) is 2.61. The molecule has 1 saturated heterocycles. The Bertz CT molecular complexity index is 531. The minimum atomic E-state index is -4.80. The van der Waals surface area contributed by atoms with Crippen molar-refractivity contribution < 1.29 is 22.7 Å². The highest BCUT2D eigenvalue weighted by molar-refractivity contribution is 5.95. The van der Waals surface area contributed by atoms with Crippen LogP contribution in [0.4, 0.5) is 18.9 Å². The molecule has 1 atom stereocenters. The standard InChI is InChI=1S/C14H17F3N2O2/c1-9-4-2-3-7-19(9)13(20)10-5-6-12(11(18)8-10)21-14(15,16)17/h5-6,8-9H,2-4,7,18H2,1H3. The van der Waals surface area contributed by atoms with E-state index in [0.717, 1.165) is 25.3 Å². The molecule has 1 heterocycles. The first kappa shape index (κ1) is 15.5. The van der Waals surface area contributed by atoms with Gasteiger partial charge in [0.05, 0.1) is 5.69 Å². The van der Waals surface area contributed by atoms with Crippen LogP contribution in [0.2, 0.25) is 0 Å². The van der Waals surface area contributed by atoms with E-state index in [2.05, 4.69) is 4.74 Å². The molecule has 1 amide bonds. The molecule has 4 nitrogen and oxygen atoms in total. The highest BCUT2D eigenvalue weighted by atomic mass is 19.4. The number of rotatable bonds is 2. The lowest BCUT2D eigenvalue weighted by molar-refractivity contribution is -0.274. The van der Waals surface area contributed by atoms with Gasteiger partial charge in [0.1, 0.15) is 0 Å². The Balaban J connectivity index is 2.17. The van der Waals surface area contributed by atoms with Crippen molar-refractivity contribution in [2.45, 2.75) is 38.6 Å². The third-order valence-corrected chi connectivity index (χ3v) is 3.55. The van der Waals surface area contributed by atoms with E-state index in [1.165, 1.54) is 12.1 Å². The average Bonchev–Trinajstić information content (AvgIpc) is 2.39. The molecule has 1 aliphatic rings. The molecule has 1 fully saturated rings. The van der Waals surface area contributed by atoms with Crippen LogP contribution in [0.3, 0.4) is 0 Å². The van der Waals surface area contributed by atoms with E-state index in [4.69, 9.17) is 5.73 Å². The molecule has 2 N–H and O–H groups in total. The normalized spacial score (nSPS) is 19.4. The number of nitrogen functional groups attached to an aromatic ring is 1. The van der Waals surface area contributed by atoms with Crippen LogP contribution in [0, 0.1) is 0 Å². The maximum absolute atomic E-state index is 12.4. The van der Waals surface area contributed by atoms with E-state index in [1.54, 1.807) is 4.90 Å². The summed E-state index contributed by atoms with van der Waals surface area (Å²) in [5.74, 6) is -0.710. The van der Waals surface area contributed by atoms with E-state index < -0.39 is 12.1 Å². The van der Waals surface area contributed by atoms with Crippen LogP contribution in [-0.2, 0) is 0 Å². The molecule has 1 aromatic rings. The number of ether oxygens (including phenoxy) is 1. The quantitative estimate of drug-likeness (QED) is 0.854. The zero-order valence-electron chi connectivity index (χ0n) is 11.6. The number of halogens is 3. The first-order valence-corrected chi connectivity index (χ1v) is 6.74. The van der Waals surface area contributed by atoms with Gasteiger partial charge in [-0.15, -0.1) is 13.2 Å². The summed E-state index contributed by atoms with van der Waals surface area (Å²) in [7, 11) is 0. The van der Waals surface area contributed by atoms with Gasteiger partial charge in [-0.05, 0) is 44.4 Å². The Kier molecular flexibility index (Phi) is 4.29. The lowest BCUT2D eigenvalue weighted by Gasteiger charge is -2.33. The Hall–Kier alpha value is -1.92. The van der Waals surface area contributed by atoms with Crippen molar-refractivity contribution >= 4 is 11.6 Å². The van der Waals surface area contributed by atoms with E-state index in [1.807, 2.05) is 6.92 Å². The van der Waals surface area contributed by atoms with Crippen molar-refractivity contribution in [2.24, 2.45) is 0 Å². The fraction of sp³-hybridized carbons (Fsp3) is 0.500. The fourth-order valence-electron chi connectivity index (χ4n) is 2.46. The van der Waals surface area contributed by atoms with Crippen LogP contribution in [0.25, 0.3) is 0 Å². The summed E-state index contributed by atoms with van der Waals surface area (Å²) >= 11 is 0. The number of piperidine rings is 1. The predicted molar refractivity (Wildman–Crippen MR) is 71.9 cm³/mol. The molecular weight excluding hydrogens is 285 g/mol. The second kappa shape index (κ2) is 5.83. The van der Waals surface area contributed by atoms with Gasteiger partial charge in [0.15, 0.2) is 5.75 Å². The smallest absolute Gasteiger partial charge is 0.404 e. The fourth-order valence-corrected chi connectivity index (χ4v) is 2.46. The van der Waals surface area contributed by atoms with E-state index >= 15 is 0 Å². The molecule has 0 spiro atoms. The number of hydrogen-bond acceptors (Lipinski definition) is 3. The molecule has 7 heteroatoms. The Morgan fingerprint density at radius 1 is 1.38 bits per heavy atom. The lowest BCUT2D eigenvalue weighted by Crippen LogP contribution is -2.42. The molecule has 1 aliphatic heterocycles. The Morgan fingerprint density at radius 3 is 2.67 bits per heavy atom. The van der Waals surface area contributed by atoms with Crippen LogP contribution in [0.15, 0.2) is 18.2 Å². The minimum absolute atomic E-state index is 0.124. The van der Waals surface area contributed by atoms with Gasteiger partial charge < -0.3 is 15.4 Å². The number of amides is 1. The number of hydrogen-bond donors (Lipinski definition) is 1. The third-order valence-electron chi connectivity index (χ3n) is 3.55. The topological polar surface area (TPSA) is 55.6 Å². The van der Waals surface area contributed by atoms with Crippen LogP contribution < -0.4 is 10.5 Å². The monoisotopic (exact) mass is 302 g/mol. The summed E-state index contributed by atoms with van der Waals surface area (Å²) < 4.78 is 40.3. The second-order valence-electron chi connectivity index (χ2n) is 5.14. The first-order chi connectivity index (χ1) is 9.78. The van der Waals surface area contributed by atoms with E-state index in [0.29, 0.717) is 6.54 Å². The number of anilines is 1. The number of carbonyl (C=O) groups is 1. The molecular formula is C14H17F3N2O2. The average molecular weight is 302 g/mol. The van der Waals surface area contributed by atoms with Crippen LogP contribution in [-0.4, -0.2) is 29.8 Å². The van der Waals surface area contributed by atoms with Gasteiger partial charge in [-0.1, -0.05) is 0 Å². The van der Waals surface area contributed by atoms with Crippen molar-refractivity contribution in [3.8, 4) is 5.75 Å². The lowest BCUT2D eigenvalue weighted by atomic mass is 10.0. The molecule has 116 valence electrons. The Morgan fingerprint density at radius 2 is 2.10 bits per heavy atom. The summed E-state index contributed by atoms with van der Waals surface area (Å²) in [6.07, 6.45) is -1.87. The van der Waals surface area contributed by atoms with Gasteiger partial charge in [0.25, 0.3) is 5.91 Å². The van der Waals surface area contributed by atoms with Crippen molar-refractivity contribution in [1.82, 2.24) is 4.90 Å². The zero-order valence-corrected chi connectivity index (χ0v) is 11.6. The van der Waals surface area contributed by atoms with Gasteiger partial charge in [-0.25, -0.2) is 0 Å². The van der Waals surface area contributed by atoms with Crippen molar-refractivity contribution in [3.05, 3.63) is 23.8 Å². The second-order valence-corrected chi connectivity index (χ2v) is 5.14. The summed E-state index contributed by atoms with van der Waals surface area (Å²) in [5.41, 5.74) is 5.60. The highest BCUT2D eigenvalue weighted by Gasteiger charge is 2.32. The predicted octanol–water partition coefficient (Wildman–Crippen LogP) is 3.18. The maximum atomic E-state index is 12.4. The van der Waals surface area contributed by atoms with Crippen molar-refractivity contribution in [2.75, 3.05) is 12.3 Å². The minimum Gasteiger partial charge on any atom is -0.404 e. The largest absolute Gasteiger partial charge is 0.573 e. The van der Waals surface area contributed by atoms with Gasteiger partial charge in [0.2, 0.25) is 0 Å². The summed E-state index contributed by atoms with van der Waals surface area (Å²) in [6, 6.07) is 3.73. The number of nitrogens with zero attached hydrogens (tertiary/aromatic N) is 1. The first-order valence-electron chi connectivity index (χ1n) is 6.74. The van der Waals surface area contributed by atoms with Crippen LogP contribution in [0.1, 0.15) is 36.5 Å². The molecule has 1 unspecified atom stereocenters. The number of nitrogens with two attached hydrogens (primary N) is 1. The third kappa shape index (κ3) is 3.80. The highest BCUT2D eigenvalue weighted by Crippen LogP contribution is 2.30. The summed E-state index contributed by atoms with van der Waals surface area (Å²) in [4.78, 5) is 14.1. The molecule has 2 rings (SSSR count). The maximum Gasteiger partial charge on any atom is 0.573 e. The number of alkyl halides is 3. The number of carbonyl (C=O) groups excluding carboxylic acids is 1.